The summed E-state index contributed by atoms with van der Waals surface area (Å²) in [7, 11) is -4.09. The standard InChI is InChI=1S/C10H12N2O6S/c1-6-7(10(14)15)3-2-4-8(6)19(16,17)12-18-5-9(11)13/h2-4,12H,5H2,1H3,(H2,11,13)(H,14,15). The second kappa shape index (κ2) is 5.78. The second-order valence-electron chi connectivity index (χ2n) is 3.58. The molecule has 1 aromatic carbocycles. The summed E-state index contributed by atoms with van der Waals surface area (Å²) in [4.78, 5) is 27.2. The predicted octanol–water partition coefficient (Wildman–Crippen LogP) is -0.612. The van der Waals surface area contributed by atoms with Gasteiger partial charge in [0.1, 0.15) is 6.61 Å². The minimum Gasteiger partial charge on any atom is -0.478 e. The zero-order chi connectivity index (χ0) is 14.6. The largest absolute Gasteiger partial charge is 0.478 e. The van der Waals surface area contributed by atoms with Gasteiger partial charge in [-0.25, -0.2) is 13.2 Å². The van der Waals surface area contributed by atoms with E-state index in [0.29, 0.717) is 0 Å². The Labute approximate surface area is 109 Å². The van der Waals surface area contributed by atoms with E-state index >= 15 is 0 Å². The fraction of sp³-hybridized carbons (Fsp3) is 0.200. The van der Waals surface area contributed by atoms with Crippen LogP contribution in [-0.4, -0.2) is 32.0 Å². The maximum atomic E-state index is 11.8. The van der Waals surface area contributed by atoms with Gasteiger partial charge in [0.2, 0.25) is 5.91 Å². The van der Waals surface area contributed by atoms with E-state index in [1.54, 1.807) is 4.89 Å². The van der Waals surface area contributed by atoms with Gasteiger partial charge in [0.15, 0.2) is 0 Å². The average Bonchev–Trinajstić information content (AvgIpc) is 2.27. The molecule has 0 saturated heterocycles. The van der Waals surface area contributed by atoms with Crippen molar-refractivity contribution in [1.29, 1.82) is 0 Å². The molecule has 0 fully saturated rings. The molecule has 0 radical (unpaired) electrons. The maximum Gasteiger partial charge on any atom is 0.335 e. The van der Waals surface area contributed by atoms with E-state index in [1.165, 1.54) is 25.1 Å². The predicted molar refractivity (Wildman–Crippen MR) is 63.6 cm³/mol. The van der Waals surface area contributed by atoms with Gasteiger partial charge in [-0.3, -0.25) is 9.63 Å². The minimum atomic E-state index is -4.09. The van der Waals surface area contributed by atoms with E-state index in [-0.39, 0.29) is 16.0 Å². The topological polar surface area (TPSA) is 136 Å². The first-order valence-electron chi connectivity index (χ1n) is 5.00. The Bertz CT molecular complexity index is 610. The number of carbonyl (C=O) groups excluding carboxylic acids is 1. The number of primary amides is 1. The quantitative estimate of drug-likeness (QED) is 0.597. The molecule has 1 aromatic rings. The van der Waals surface area contributed by atoms with Gasteiger partial charge in [-0.2, -0.15) is 0 Å². The van der Waals surface area contributed by atoms with Crippen molar-refractivity contribution in [3.63, 3.8) is 0 Å². The number of nitrogens with one attached hydrogen (secondary N) is 1. The minimum absolute atomic E-state index is 0.0603. The highest BCUT2D eigenvalue weighted by molar-refractivity contribution is 7.89. The molecule has 8 nitrogen and oxygen atoms in total. The first-order chi connectivity index (χ1) is 8.75. The highest BCUT2D eigenvalue weighted by Crippen LogP contribution is 2.18. The summed E-state index contributed by atoms with van der Waals surface area (Å²) in [5.41, 5.74) is 4.70. The monoisotopic (exact) mass is 288 g/mol. The molecule has 1 rings (SSSR count). The van der Waals surface area contributed by atoms with E-state index in [2.05, 4.69) is 4.84 Å². The van der Waals surface area contributed by atoms with Crippen LogP contribution in [0.1, 0.15) is 15.9 Å². The van der Waals surface area contributed by atoms with Crippen LogP contribution in [0.25, 0.3) is 0 Å². The lowest BCUT2D eigenvalue weighted by atomic mass is 10.1. The second-order valence-corrected chi connectivity index (χ2v) is 5.19. The molecule has 9 heteroatoms. The summed E-state index contributed by atoms with van der Waals surface area (Å²) in [6.45, 7) is 0.725. The van der Waals surface area contributed by atoms with Gasteiger partial charge < -0.3 is 10.8 Å². The van der Waals surface area contributed by atoms with Crippen LogP contribution in [0, 0.1) is 6.92 Å². The maximum absolute atomic E-state index is 11.8. The Morgan fingerprint density at radius 1 is 1.42 bits per heavy atom. The fourth-order valence-corrected chi connectivity index (χ4v) is 2.43. The van der Waals surface area contributed by atoms with E-state index < -0.39 is 28.5 Å². The number of sulfonamides is 1. The normalized spacial score (nSPS) is 11.2. The summed E-state index contributed by atoms with van der Waals surface area (Å²) in [6.07, 6.45) is 0. The third-order valence-electron chi connectivity index (χ3n) is 2.19. The Balaban J connectivity index is 3.05. The first kappa shape index (κ1) is 15.1. The number of amides is 1. The number of aromatic carboxylic acids is 1. The van der Waals surface area contributed by atoms with E-state index in [1.807, 2.05) is 0 Å². The molecule has 0 unspecified atom stereocenters. The molecular formula is C10H12N2O6S. The Morgan fingerprint density at radius 2 is 2.05 bits per heavy atom. The van der Waals surface area contributed by atoms with Crippen LogP contribution in [-0.2, 0) is 19.7 Å². The van der Waals surface area contributed by atoms with Crippen molar-refractivity contribution in [2.45, 2.75) is 11.8 Å². The first-order valence-corrected chi connectivity index (χ1v) is 6.49. The van der Waals surface area contributed by atoms with Crippen molar-refractivity contribution >= 4 is 21.9 Å². The van der Waals surface area contributed by atoms with Gasteiger partial charge in [0.05, 0.1) is 10.5 Å². The number of carbonyl (C=O) groups is 2. The van der Waals surface area contributed by atoms with Gasteiger partial charge >= 0.3 is 5.97 Å². The van der Waals surface area contributed by atoms with Crippen molar-refractivity contribution in [3.8, 4) is 0 Å². The van der Waals surface area contributed by atoms with Crippen molar-refractivity contribution < 1.29 is 28.0 Å². The van der Waals surface area contributed by atoms with Crippen molar-refractivity contribution in [1.82, 2.24) is 4.89 Å². The van der Waals surface area contributed by atoms with Gasteiger partial charge in [0.25, 0.3) is 10.0 Å². The number of carboxylic acids is 1. The van der Waals surface area contributed by atoms with Crippen LogP contribution < -0.4 is 10.6 Å². The number of nitrogens with two attached hydrogens (primary N) is 1. The third-order valence-corrected chi connectivity index (χ3v) is 3.55. The number of benzene rings is 1. The molecule has 0 heterocycles. The van der Waals surface area contributed by atoms with Gasteiger partial charge in [-0.15, -0.1) is 0 Å². The van der Waals surface area contributed by atoms with Crippen LogP contribution in [0.4, 0.5) is 0 Å². The molecule has 0 aliphatic carbocycles. The number of rotatable bonds is 6. The smallest absolute Gasteiger partial charge is 0.335 e. The molecule has 0 atom stereocenters. The zero-order valence-electron chi connectivity index (χ0n) is 9.91. The molecule has 4 N–H and O–H groups in total. The van der Waals surface area contributed by atoms with Crippen LogP contribution in [0.5, 0.6) is 0 Å². The van der Waals surface area contributed by atoms with Gasteiger partial charge in [0, 0.05) is 0 Å². The highest BCUT2D eigenvalue weighted by atomic mass is 32.2. The summed E-state index contributed by atoms with van der Waals surface area (Å²) in [6, 6.07) is 3.79. The van der Waals surface area contributed by atoms with Gasteiger partial charge in [-0.1, -0.05) is 11.0 Å². The molecule has 0 spiro atoms. The van der Waals surface area contributed by atoms with Crippen LogP contribution in [0.2, 0.25) is 0 Å². The average molecular weight is 288 g/mol. The number of hydrogen-bond donors (Lipinski definition) is 3. The Morgan fingerprint density at radius 3 is 2.58 bits per heavy atom. The molecular weight excluding hydrogens is 276 g/mol. The van der Waals surface area contributed by atoms with Crippen molar-refractivity contribution in [2.75, 3.05) is 6.61 Å². The summed E-state index contributed by atoms with van der Waals surface area (Å²) in [5, 5.41) is 8.90. The van der Waals surface area contributed by atoms with Crippen LogP contribution >= 0.6 is 0 Å². The molecule has 19 heavy (non-hydrogen) atoms. The third kappa shape index (κ3) is 3.74. The summed E-state index contributed by atoms with van der Waals surface area (Å²) >= 11 is 0. The van der Waals surface area contributed by atoms with Crippen LogP contribution in [0.3, 0.4) is 0 Å². The lowest BCUT2D eigenvalue weighted by molar-refractivity contribution is -0.123. The molecule has 0 saturated carbocycles. The number of hydrogen-bond acceptors (Lipinski definition) is 5. The molecule has 1 amide bonds. The summed E-state index contributed by atoms with van der Waals surface area (Å²) in [5.74, 6) is -2.09. The van der Waals surface area contributed by atoms with Crippen molar-refractivity contribution in [2.24, 2.45) is 5.73 Å². The fourth-order valence-electron chi connectivity index (χ4n) is 1.36. The lowest BCUT2D eigenvalue weighted by Gasteiger charge is -2.10. The lowest BCUT2D eigenvalue weighted by Crippen LogP contribution is -2.30. The molecule has 0 aliphatic heterocycles. The Hall–Kier alpha value is -1.97. The number of carboxylic acid groups (broad SMARTS) is 1. The zero-order valence-corrected chi connectivity index (χ0v) is 10.7. The highest BCUT2D eigenvalue weighted by Gasteiger charge is 2.21. The molecule has 104 valence electrons. The molecule has 0 aromatic heterocycles. The van der Waals surface area contributed by atoms with E-state index in [0.717, 1.165) is 0 Å². The van der Waals surface area contributed by atoms with Gasteiger partial charge in [-0.05, 0) is 24.6 Å². The molecule has 0 aliphatic rings. The summed E-state index contributed by atoms with van der Waals surface area (Å²) < 4.78 is 23.7. The van der Waals surface area contributed by atoms with Crippen molar-refractivity contribution in [3.05, 3.63) is 29.3 Å². The van der Waals surface area contributed by atoms with E-state index in [4.69, 9.17) is 10.8 Å². The Kier molecular flexibility index (Phi) is 4.59. The van der Waals surface area contributed by atoms with E-state index in [9.17, 15) is 18.0 Å². The van der Waals surface area contributed by atoms with Crippen LogP contribution in [0.15, 0.2) is 23.1 Å². The SMILES string of the molecule is Cc1c(C(=O)O)cccc1S(=O)(=O)NOCC(N)=O. The molecule has 0 bridgehead atoms.